The number of likely N-dealkylation sites (tertiary alicyclic amines) is 1. The molecule has 92 valence electrons. The van der Waals surface area contributed by atoms with Gasteiger partial charge in [0.05, 0.1) is 24.0 Å². The Balaban J connectivity index is 1.83. The Labute approximate surface area is 101 Å². The number of rotatable bonds is 3. The molecule has 2 N–H and O–H groups in total. The van der Waals surface area contributed by atoms with Gasteiger partial charge in [0.1, 0.15) is 6.10 Å². The lowest BCUT2D eigenvalue weighted by Crippen LogP contribution is -2.23. The minimum Gasteiger partial charge on any atom is -0.461 e. The molecular weight excluding hydrogens is 218 g/mol. The molecule has 0 amide bonds. The monoisotopic (exact) mass is 235 g/mol. The molecule has 1 unspecified atom stereocenters. The molecule has 0 radical (unpaired) electrons. The van der Waals surface area contributed by atoms with Gasteiger partial charge in [0.15, 0.2) is 0 Å². The number of esters is 1. The quantitative estimate of drug-likeness (QED) is 0.770. The molecule has 1 aromatic heterocycles. The van der Waals surface area contributed by atoms with Crippen molar-refractivity contribution in [1.29, 1.82) is 0 Å². The predicted molar refractivity (Wildman–Crippen MR) is 64.3 cm³/mol. The van der Waals surface area contributed by atoms with Gasteiger partial charge in [0.2, 0.25) is 0 Å². The average Bonchev–Trinajstić information content (AvgIpc) is 2.67. The van der Waals surface area contributed by atoms with Gasteiger partial charge in [0, 0.05) is 13.1 Å². The lowest BCUT2D eigenvalue weighted by Gasteiger charge is -2.11. The number of nitrogens with zero attached hydrogens (tertiary/aromatic N) is 2. The van der Waals surface area contributed by atoms with Crippen LogP contribution in [-0.4, -0.2) is 42.1 Å². The highest BCUT2D eigenvalue weighted by Crippen LogP contribution is 2.11. The first-order valence-electron chi connectivity index (χ1n) is 5.72. The second-order valence-corrected chi connectivity index (χ2v) is 4.42. The van der Waals surface area contributed by atoms with Crippen LogP contribution in [0.2, 0.25) is 0 Å². The lowest BCUT2D eigenvalue weighted by atomic mass is 10.2. The van der Waals surface area contributed by atoms with E-state index >= 15 is 0 Å². The van der Waals surface area contributed by atoms with Gasteiger partial charge in [-0.1, -0.05) is 0 Å². The lowest BCUT2D eigenvalue weighted by molar-refractivity contribution is -0.147. The van der Waals surface area contributed by atoms with Gasteiger partial charge in [-0.25, -0.2) is 0 Å². The molecule has 2 rings (SSSR count). The van der Waals surface area contributed by atoms with Crippen molar-refractivity contribution in [3.63, 3.8) is 0 Å². The van der Waals surface area contributed by atoms with E-state index < -0.39 is 0 Å². The maximum absolute atomic E-state index is 11.6. The molecule has 2 heterocycles. The smallest absolute Gasteiger partial charge is 0.312 e. The summed E-state index contributed by atoms with van der Waals surface area (Å²) in [5.74, 6) is -0.220. The molecule has 1 aromatic rings. The van der Waals surface area contributed by atoms with E-state index in [9.17, 15) is 4.79 Å². The number of aromatic nitrogens is 1. The fourth-order valence-corrected chi connectivity index (χ4v) is 1.91. The van der Waals surface area contributed by atoms with E-state index in [4.69, 9.17) is 10.5 Å². The van der Waals surface area contributed by atoms with Crippen molar-refractivity contribution >= 4 is 11.7 Å². The number of ether oxygens (including phenoxy) is 1. The highest BCUT2D eigenvalue weighted by Gasteiger charge is 2.22. The van der Waals surface area contributed by atoms with Gasteiger partial charge in [-0.3, -0.25) is 9.78 Å². The topological polar surface area (TPSA) is 68.5 Å². The zero-order valence-electron chi connectivity index (χ0n) is 9.93. The number of nitrogens with two attached hydrogens (primary N) is 1. The molecule has 1 saturated heterocycles. The van der Waals surface area contributed by atoms with Crippen molar-refractivity contribution in [3.8, 4) is 0 Å². The molecule has 0 aromatic carbocycles. The van der Waals surface area contributed by atoms with Crippen LogP contribution in [-0.2, 0) is 16.0 Å². The normalized spacial score (nSPS) is 20.4. The van der Waals surface area contributed by atoms with Crippen LogP contribution in [0.25, 0.3) is 0 Å². The molecule has 1 aliphatic rings. The third-order valence-electron chi connectivity index (χ3n) is 2.82. The van der Waals surface area contributed by atoms with Crippen LogP contribution in [0.3, 0.4) is 0 Å². The number of anilines is 1. The maximum Gasteiger partial charge on any atom is 0.312 e. The van der Waals surface area contributed by atoms with Crippen LogP contribution in [0.15, 0.2) is 18.3 Å². The Morgan fingerprint density at radius 2 is 2.47 bits per heavy atom. The van der Waals surface area contributed by atoms with Crippen LogP contribution < -0.4 is 5.73 Å². The van der Waals surface area contributed by atoms with Crippen LogP contribution in [0.5, 0.6) is 0 Å². The first-order valence-corrected chi connectivity index (χ1v) is 5.72. The van der Waals surface area contributed by atoms with Gasteiger partial charge < -0.3 is 15.4 Å². The van der Waals surface area contributed by atoms with E-state index in [1.807, 2.05) is 7.05 Å². The number of hydrogen-bond acceptors (Lipinski definition) is 5. The van der Waals surface area contributed by atoms with Crippen molar-refractivity contribution in [2.75, 3.05) is 25.9 Å². The largest absolute Gasteiger partial charge is 0.461 e. The molecule has 0 bridgehead atoms. The first-order chi connectivity index (χ1) is 8.13. The van der Waals surface area contributed by atoms with Crippen molar-refractivity contribution in [2.24, 2.45) is 0 Å². The summed E-state index contributed by atoms with van der Waals surface area (Å²) in [6, 6.07) is 3.48. The highest BCUT2D eigenvalue weighted by atomic mass is 16.5. The third-order valence-corrected chi connectivity index (χ3v) is 2.82. The summed E-state index contributed by atoms with van der Waals surface area (Å²) in [7, 11) is 2.02. The fraction of sp³-hybridized carbons (Fsp3) is 0.500. The van der Waals surface area contributed by atoms with Gasteiger partial charge in [-0.05, 0) is 25.6 Å². The van der Waals surface area contributed by atoms with E-state index in [1.54, 1.807) is 18.3 Å². The molecule has 5 heteroatoms. The Kier molecular flexibility index (Phi) is 3.58. The van der Waals surface area contributed by atoms with E-state index in [1.165, 1.54) is 0 Å². The van der Waals surface area contributed by atoms with Gasteiger partial charge >= 0.3 is 5.97 Å². The Morgan fingerprint density at radius 3 is 3.06 bits per heavy atom. The van der Waals surface area contributed by atoms with Gasteiger partial charge in [0.25, 0.3) is 0 Å². The molecule has 0 saturated carbocycles. The zero-order valence-corrected chi connectivity index (χ0v) is 9.93. The second kappa shape index (κ2) is 5.14. The predicted octanol–water partition coefficient (Wildman–Crippen LogP) is 0.454. The van der Waals surface area contributed by atoms with E-state index in [0.29, 0.717) is 11.4 Å². The molecule has 1 aliphatic heterocycles. The SMILES string of the molecule is CN1CCC(OC(=O)Cc2ccc(N)cn2)C1. The summed E-state index contributed by atoms with van der Waals surface area (Å²) in [5, 5.41) is 0. The summed E-state index contributed by atoms with van der Waals surface area (Å²) in [5.41, 5.74) is 6.81. The Bertz CT molecular complexity index is 391. The summed E-state index contributed by atoms with van der Waals surface area (Å²) in [6.45, 7) is 1.80. The Morgan fingerprint density at radius 1 is 1.65 bits per heavy atom. The number of carbonyl (C=O) groups is 1. The number of hydrogen-bond donors (Lipinski definition) is 1. The molecular formula is C12H17N3O2. The summed E-state index contributed by atoms with van der Waals surface area (Å²) >= 11 is 0. The van der Waals surface area contributed by atoms with Crippen molar-refractivity contribution in [1.82, 2.24) is 9.88 Å². The van der Waals surface area contributed by atoms with Crippen molar-refractivity contribution in [2.45, 2.75) is 18.9 Å². The van der Waals surface area contributed by atoms with Crippen LogP contribution in [0, 0.1) is 0 Å². The standard InChI is InChI=1S/C12H17N3O2/c1-15-5-4-11(8-15)17-12(16)6-10-3-2-9(13)7-14-10/h2-3,7,11H,4-6,8,13H2,1H3. The van der Waals surface area contributed by atoms with E-state index in [-0.39, 0.29) is 18.5 Å². The van der Waals surface area contributed by atoms with Crippen molar-refractivity contribution < 1.29 is 9.53 Å². The molecule has 5 nitrogen and oxygen atoms in total. The number of pyridine rings is 1. The van der Waals surface area contributed by atoms with Crippen LogP contribution in [0.1, 0.15) is 12.1 Å². The summed E-state index contributed by atoms with van der Waals surface area (Å²) in [6.07, 6.45) is 2.70. The highest BCUT2D eigenvalue weighted by molar-refractivity contribution is 5.72. The molecule has 0 spiro atoms. The minimum absolute atomic E-state index is 0.0290. The summed E-state index contributed by atoms with van der Waals surface area (Å²) < 4.78 is 5.36. The second-order valence-electron chi connectivity index (χ2n) is 4.42. The summed E-state index contributed by atoms with van der Waals surface area (Å²) in [4.78, 5) is 17.9. The van der Waals surface area contributed by atoms with E-state index in [0.717, 1.165) is 19.5 Å². The third kappa shape index (κ3) is 3.42. The number of carbonyl (C=O) groups excluding carboxylic acids is 1. The molecule has 1 fully saturated rings. The molecule has 0 aliphatic carbocycles. The molecule has 17 heavy (non-hydrogen) atoms. The van der Waals surface area contributed by atoms with Crippen LogP contribution >= 0.6 is 0 Å². The maximum atomic E-state index is 11.6. The molecule has 1 atom stereocenters. The van der Waals surface area contributed by atoms with Gasteiger partial charge in [-0.15, -0.1) is 0 Å². The number of nitrogen functional groups attached to an aromatic ring is 1. The van der Waals surface area contributed by atoms with E-state index in [2.05, 4.69) is 9.88 Å². The van der Waals surface area contributed by atoms with Gasteiger partial charge in [-0.2, -0.15) is 0 Å². The zero-order chi connectivity index (χ0) is 12.3. The Hall–Kier alpha value is -1.62. The van der Waals surface area contributed by atoms with Crippen LogP contribution in [0.4, 0.5) is 5.69 Å². The fourth-order valence-electron chi connectivity index (χ4n) is 1.91. The first kappa shape index (κ1) is 11.9. The number of likely N-dealkylation sites (N-methyl/N-ethyl adjacent to an activating group) is 1. The average molecular weight is 235 g/mol. The minimum atomic E-state index is -0.220. The van der Waals surface area contributed by atoms with Crippen molar-refractivity contribution in [3.05, 3.63) is 24.0 Å².